The lowest BCUT2D eigenvalue weighted by Gasteiger charge is -2.27. The molecule has 0 aliphatic carbocycles. The van der Waals surface area contributed by atoms with Gasteiger partial charge in [0.1, 0.15) is 0 Å². The molecule has 4 nitrogen and oxygen atoms in total. The molecule has 1 atom stereocenters. The van der Waals surface area contributed by atoms with E-state index in [4.69, 9.17) is 16.4 Å². The third-order valence-electron chi connectivity index (χ3n) is 3.75. The van der Waals surface area contributed by atoms with Crippen LogP contribution in [0.1, 0.15) is 46.1 Å². The zero-order chi connectivity index (χ0) is 17.0. The van der Waals surface area contributed by atoms with Gasteiger partial charge >= 0.3 is 0 Å². The van der Waals surface area contributed by atoms with Gasteiger partial charge in [-0.3, -0.25) is 4.79 Å². The van der Waals surface area contributed by atoms with Gasteiger partial charge in [0.15, 0.2) is 6.10 Å². The predicted molar refractivity (Wildman–Crippen MR) is 93.8 cm³/mol. The summed E-state index contributed by atoms with van der Waals surface area (Å²) in [7, 11) is 0. The molecule has 0 saturated heterocycles. The van der Waals surface area contributed by atoms with E-state index in [0.29, 0.717) is 31.0 Å². The Bertz CT molecular complexity index is 576. The Labute approximate surface area is 143 Å². The lowest BCUT2D eigenvalue weighted by molar-refractivity contribution is -0.134. The molecule has 0 fully saturated rings. The molecule has 0 saturated carbocycles. The minimum Gasteiger partial charge on any atom is -0.390 e. The van der Waals surface area contributed by atoms with Crippen LogP contribution in [0.15, 0.2) is 29.4 Å². The number of hydrogen-bond acceptors (Lipinski definition) is 3. The molecular weight excluding hydrogens is 312 g/mol. The van der Waals surface area contributed by atoms with Gasteiger partial charge in [0.25, 0.3) is 0 Å². The van der Waals surface area contributed by atoms with Crippen molar-refractivity contribution in [2.24, 2.45) is 10.6 Å². The quantitative estimate of drug-likeness (QED) is 0.811. The fraction of sp³-hybridized carbons (Fsp3) is 0.556. The summed E-state index contributed by atoms with van der Waals surface area (Å²) in [5.41, 5.74) is 1.92. The van der Waals surface area contributed by atoms with E-state index in [1.807, 2.05) is 36.1 Å². The van der Waals surface area contributed by atoms with Crippen LogP contribution in [0.4, 0.5) is 0 Å². The highest BCUT2D eigenvalue weighted by molar-refractivity contribution is 6.30. The molecule has 1 aromatic rings. The van der Waals surface area contributed by atoms with E-state index in [-0.39, 0.29) is 17.4 Å². The van der Waals surface area contributed by atoms with Gasteiger partial charge in [0.05, 0.1) is 12.3 Å². The molecule has 1 aromatic carbocycles. The molecule has 1 aliphatic heterocycles. The van der Waals surface area contributed by atoms with Crippen LogP contribution in [0.3, 0.4) is 0 Å². The highest BCUT2D eigenvalue weighted by Gasteiger charge is 2.27. The summed E-state index contributed by atoms with van der Waals surface area (Å²) in [5, 5.41) is 4.88. The topological polar surface area (TPSA) is 41.9 Å². The highest BCUT2D eigenvalue weighted by atomic mass is 35.5. The number of halogens is 1. The molecule has 0 aromatic heterocycles. The van der Waals surface area contributed by atoms with E-state index < -0.39 is 0 Å². The zero-order valence-corrected chi connectivity index (χ0v) is 15.1. The molecule has 1 heterocycles. The second-order valence-corrected chi connectivity index (χ2v) is 7.58. The maximum Gasteiger partial charge on any atom is 0.223 e. The van der Waals surface area contributed by atoms with Gasteiger partial charge in [-0.25, -0.2) is 0 Å². The van der Waals surface area contributed by atoms with Crippen LogP contribution < -0.4 is 0 Å². The maximum absolute atomic E-state index is 12.4. The molecule has 2 rings (SSSR count). The van der Waals surface area contributed by atoms with Crippen LogP contribution in [0, 0.1) is 5.41 Å². The third-order valence-corrected chi connectivity index (χ3v) is 4.00. The van der Waals surface area contributed by atoms with Gasteiger partial charge in [-0.05, 0) is 30.0 Å². The van der Waals surface area contributed by atoms with Gasteiger partial charge in [-0.1, -0.05) is 49.7 Å². The molecule has 1 unspecified atom stereocenters. The van der Waals surface area contributed by atoms with Gasteiger partial charge in [-0.15, -0.1) is 0 Å². The zero-order valence-electron chi connectivity index (χ0n) is 14.3. The largest absolute Gasteiger partial charge is 0.390 e. The van der Waals surface area contributed by atoms with Gasteiger partial charge in [-0.2, -0.15) is 0 Å². The summed E-state index contributed by atoms with van der Waals surface area (Å²) in [6, 6.07) is 7.57. The van der Waals surface area contributed by atoms with Crippen LogP contribution in [0.25, 0.3) is 0 Å². The van der Waals surface area contributed by atoms with Gasteiger partial charge in [0.2, 0.25) is 5.91 Å². The Balaban J connectivity index is 1.92. The highest BCUT2D eigenvalue weighted by Crippen LogP contribution is 2.22. The van der Waals surface area contributed by atoms with Gasteiger partial charge in [0, 0.05) is 24.4 Å². The fourth-order valence-corrected chi connectivity index (χ4v) is 2.68. The number of amides is 1. The van der Waals surface area contributed by atoms with Crippen molar-refractivity contribution in [3.05, 3.63) is 34.9 Å². The molecule has 126 valence electrons. The van der Waals surface area contributed by atoms with E-state index in [0.717, 1.165) is 11.3 Å². The summed E-state index contributed by atoms with van der Waals surface area (Å²) in [5.74, 6) is 0.170. The first-order chi connectivity index (χ1) is 10.8. The van der Waals surface area contributed by atoms with Crippen LogP contribution in [0.2, 0.25) is 5.02 Å². The number of hydrogen-bond donors (Lipinski definition) is 0. The standard InChI is InChI=1S/C18H25ClN2O2/c1-5-21(17(22)11-18(2,3)4)12-15-10-16(20-23-15)13-6-8-14(19)9-7-13/h6-9,15H,5,10-12H2,1-4H3. The van der Waals surface area contributed by atoms with Crippen molar-refractivity contribution in [2.75, 3.05) is 13.1 Å². The second kappa shape index (κ2) is 7.35. The minimum atomic E-state index is -0.0791. The Morgan fingerprint density at radius 1 is 1.35 bits per heavy atom. The first-order valence-electron chi connectivity index (χ1n) is 8.05. The summed E-state index contributed by atoms with van der Waals surface area (Å²) >= 11 is 5.91. The SMILES string of the molecule is CCN(CC1CC(c2ccc(Cl)cc2)=NO1)C(=O)CC(C)(C)C. The molecule has 0 N–H and O–H groups in total. The smallest absolute Gasteiger partial charge is 0.223 e. The van der Waals surface area contributed by atoms with Crippen molar-refractivity contribution in [3.8, 4) is 0 Å². The van der Waals surface area contributed by atoms with E-state index in [1.165, 1.54) is 0 Å². The lowest BCUT2D eigenvalue weighted by Crippen LogP contribution is -2.39. The Kier molecular flexibility index (Phi) is 5.69. The maximum atomic E-state index is 12.4. The monoisotopic (exact) mass is 336 g/mol. The van der Waals surface area contributed by atoms with Crippen molar-refractivity contribution in [2.45, 2.75) is 46.6 Å². The normalized spacial score (nSPS) is 17.6. The number of rotatable bonds is 5. The lowest BCUT2D eigenvalue weighted by atomic mass is 9.91. The van der Waals surface area contributed by atoms with Crippen molar-refractivity contribution in [3.63, 3.8) is 0 Å². The molecule has 1 aliphatic rings. The third kappa shape index (κ3) is 5.24. The van der Waals surface area contributed by atoms with Crippen LogP contribution in [-0.2, 0) is 9.63 Å². The molecule has 0 radical (unpaired) electrons. The number of carbonyl (C=O) groups excluding carboxylic acids is 1. The average Bonchev–Trinajstić information content (AvgIpc) is 2.92. The van der Waals surface area contributed by atoms with Crippen molar-refractivity contribution in [1.82, 2.24) is 4.90 Å². The number of oxime groups is 1. The summed E-state index contributed by atoms with van der Waals surface area (Å²) in [6.45, 7) is 9.49. The van der Waals surface area contributed by atoms with E-state index >= 15 is 0 Å². The Morgan fingerprint density at radius 2 is 2.00 bits per heavy atom. The van der Waals surface area contributed by atoms with Crippen LogP contribution >= 0.6 is 11.6 Å². The van der Waals surface area contributed by atoms with Crippen LogP contribution in [-0.4, -0.2) is 35.7 Å². The number of nitrogens with zero attached hydrogens (tertiary/aromatic N) is 2. The molecule has 0 spiro atoms. The molecule has 5 heteroatoms. The second-order valence-electron chi connectivity index (χ2n) is 7.15. The van der Waals surface area contributed by atoms with Gasteiger partial charge < -0.3 is 9.74 Å². The van der Waals surface area contributed by atoms with E-state index in [2.05, 4.69) is 25.9 Å². The number of carbonyl (C=O) groups is 1. The molecular formula is C18H25ClN2O2. The number of likely N-dealkylation sites (N-methyl/N-ethyl adjacent to an activating group) is 1. The van der Waals surface area contributed by atoms with Crippen molar-refractivity contribution < 1.29 is 9.63 Å². The first-order valence-corrected chi connectivity index (χ1v) is 8.42. The summed E-state index contributed by atoms with van der Waals surface area (Å²) in [6.07, 6.45) is 1.17. The first kappa shape index (κ1) is 17.8. The van der Waals surface area contributed by atoms with Crippen molar-refractivity contribution >= 4 is 23.2 Å². The number of benzene rings is 1. The Morgan fingerprint density at radius 3 is 2.57 bits per heavy atom. The summed E-state index contributed by atoms with van der Waals surface area (Å²) in [4.78, 5) is 19.8. The summed E-state index contributed by atoms with van der Waals surface area (Å²) < 4.78 is 0. The van der Waals surface area contributed by atoms with Crippen molar-refractivity contribution in [1.29, 1.82) is 0 Å². The fourth-order valence-electron chi connectivity index (χ4n) is 2.56. The Hall–Kier alpha value is -1.55. The average molecular weight is 337 g/mol. The minimum absolute atomic E-state index is 0.00793. The predicted octanol–water partition coefficient (Wildman–Crippen LogP) is 4.12. The molecule has 1 amide bonds. The molecule has 23 heavy (non-hydrogen) atoms. The van der Waals surface area contributed by atoms with E-state index in [1.54, 1.807) is 0 Å². The van der Waals surface area contributed by atoms with Crippen LogP contribution in [0.5, 0.6) is 0 Å². The molecule has 0 bridgehead atoms. The van der Waals surface area contributed by atoms with E-state index in [9.17, 15) is 4.79 Å².